The summed E-state index contributed by atoms with van der Waals surface area (Å²) < 4.78 is 6.07. The van der Waals surface area contributed by atoms with Gasteiger partial charge in [-0.15, -0.1) is 0 Å². The number of fused-ring (bicyclic) bond motifs is 1. The number of aryl methyl sites for hydroxylation is 1. The van der Waals surface area contributed by atoms with E-state index in [9.17, 15) is 14.4 Å². The van der Waals surface area contributed by atoms with Crippen molar-refractivity contribution in [1.82, 2.24) is 9.78 Å². The van der Waals surface area contributed by atoms with Gasteiger partial charge in [0.15, 0.2) is 0 Å². The first-order valence-electron chi connectivity index (χ1n) is 11.6. The van der Waals surface area contributed by atoms with Crippen molar-refractivity contribution in [3.63, 3.8) is 0 Å². The van der Waals surface area contributed by atoms with E-state index in [1.807, 2.05) is 38.1 Å². The van der Waals surface area contributed by atoms with Crippen molar-refractivity contribution in [3.05, 3.63) is 81.1 Å². The standard InChI is InChI=1S/C27H29N3O4/c1-4-23(25(31)28-20-15-13-19(14-16-20)27(33)34-3)30-26(32)22-8-6-5-7-21(22)24(29-30)18-11-9-17(2)10-12-18/h9-16,23H,4-8H2,1-3H3,(H,28,31)/t23-/m0/s1. The number of nitrogens with zero attached hydrogens (tertiary/aromatic N) is 2. The van der Waals surface area contributed by atoms with Gasteiger partial charge in [-0.1, -0.05) is 36.8 Å². The SMILES string of the molecule is CC[C@@H](C(=O)Nc1ccc(C(=O)OC)cc1)n1nc(-c2ccc(C)cc2)c2c(c1=O)CCCC2. The van der Waals surface area contributed by atoms with Crippen LogP contribution in [0.25, 0.3) is 11.3 Å². The summed E-state index contributed by atoms with van der Waals surface area (Å²) in [6, 6.07) is 13.8. The van der Waals surface area contributed by atoms with Crippen LogP contribution >= 0.6 is 0 Å². The zero-order chi connectivity index (χ0) is 24.2. The maximum absolute atomic E-state index is 13.4. The number of amides is 1. The first-order valence-corrected chi connectivity index (χ1v) is 11.6. The van der Waals surface area contributed by atoms with Gasteiger partial charge in [-0.3, -0.25) is 9.59 Å². The van der Waals surface area contributed by atoms with Crippen molar-refractivity contribution in [2.24, 2.45) is 0 Å². The third-order valence-corrected chi connectivity index (χ3v) is 6.31. The molecule has 0 aliphatic heterocycles. The Morgan fingerprint density at radius 2 is 1.68 bits per heavy atom. The van der Waals surface area contributed by atoms with Gasteiger partial charge < -0.3 is 10.1 Å². The molecule has 0 saturated heterocycles. The molecule has 0 saturated carbocycles. The van der Waals surface area contributed by atoms with Crippen LogP contribution in [0.15, 0.2) is 53.3 Å². The number of methoxy groups -OCH3 is 1. The fourth-order valence-electron chi connectivity index (χ4n) is 4.41. The van der Waals surface area contributed by atoms with Crippen LogP contribution in [0.5, 0.6) is 0 Å². The minimum Gasteiger partial charge on any atom is -0.465 e. The zero-order valence-electron chi connectivity index (χ0n) is 19.8. The summed E-state index contributed by atoms with van der Waals surface area (Å²) in [6.45, 7) is 3.90. The first kappa shape index (κ1) is 23.4. The monoisotopic (exact) mass is 459 g/mol. The minimum atomic E-state index is -0.760. The molecule has 1 aliphatic carbocycles. The predicted octanol–water partition coefficient (Wildman–Crippen LogP) is 4.47. The van der Waals surface area contributed by atoms with Gasteiger partial charge in [0.1, 0.15) is 6.04 Å². The van der Waals surface area contributed by atoms with E-state index in [0.29, 0.717) is 24.1 Å². The second kappa shape index (κ2) is 10.0. The number of rotatable bonds is 6. The first-order chi connectivity index (χ1) is 16.4. The van der Waals surface area contributed by atoms with Crippen LogP contribution in [0, 0.1) is 6.92 Å². The molecule has 1 heterocycles. The molecule has 4 rings (SSSR count). The van der Waals surface area contributed by atoms with Gasteiger partial charge in [0, 0.05) is 16.8 Å². The number of aromatic nitrogens is 2. The average Bonchev–Trinajstić information content (AvgIpc) is 2.86. The highest BCUT2D eigenvalue weighted by Gasteiger charge is 2.27. The highest BCUT2D eigenvalue weighted by atomic mass is 16.5. The van der Waals surface area contributed by atoms with Gasteiger partial charge in [0.2, 0.25) is 5.91 Å². The molecule has 0 spiro atoms. The third-order valence-electron chi connectivity index (χ3n) is 6.31. The Balaban J connectivity index is 1.70. The number of carbonyl (C=O) groups excluding carboxylic acids is 2. The molecule has 7 nitrogen and oxygen atoms in total. The summed E-state index contributed by atoms with van der Waals surface area (Å²) in [5, 5.41) is 7.61. The third kappa shape index (κ3) is 4.64. The predicted molar refractivity (Wildman–Crippen MR) is 131 cm³/mol. The molecule has 176 valence electrons. The molecular formula is C27H29N3O4. The topological polar surface area (TPSA) is 90.3 Å². The molecule has 3 aromatic rings. The number of ether oxygens (including phenoxy) is 1. The smallest absolute Gasteiger partial charge is 0.337 e. The van der Waals surface area contributed by atoms with Crippen LogP contribution in [0.1, 0.15) is 59.3 Å². The number of esters is 1. The van der Waals surface area contributed by atoms with Gasteiger partial charge in [-0.25, -0.2) is 9.48 Å². The van der Waals surface area contributed by atoms with Crippen LogP contribution in [-0.4, -0.2) is 28.8 Å². The molecule has 1 aliphatic rings. The van der Waals surface area contributed by atoms with Gasteiger partial charge in [-0.2, -0.15) is 5.10 Å². The van der Waals surface area contributed by atoms with Crippen molar-refractivity contribution < 1.29 is 14.3 Å². The van der Waals surface area contributed by atoms with Gasteiger partial charge in [0.05, 0.1) is 18.4 Å². The maximum atomic E-state index is 13.4. The van der Waals surface area contributed by atoms with E-state index in [-0.39, 0.29) is 11.5 Å². The summed E-state index contributed by atoms with van der Waals surface area (Å²) in [7, 11) is 1.32. The highest BCUT2D eigenvalue weighted by Crippen LogP contribution is 2.29. The molecule has 1 aromatic heterocycles. The molecule has 1 amide bonds. The average molecular weight is 460 g/mol. The van der Waals surface area contributed by atoms with Crippen LogP contribution in [0.4, 0.5) is 5.69 Å². The Kier molecular flexibility index (Phi) is 6.91. The number of hydrogen-bond donors (Lipinski definition) is 1. The molecule has 34 heavy (non-hydrogen) atoms. The highest BCUT2D eigenvalue weighted by molar-refractivity contribution is 5.95. The van der Waals surface area contributed by atoms with Crippen LogP contribution in [0.2, 0.25) is 0 Å². The Morgan fingerprint density at radius 1 is 1.03 bits per heavy atom. The number of anilines is 1. The van der Waals surface area contributed by atoms with Crippen molar-refractivity contribution in [2.45, 2.75) is 52.0 Å². The van der Waals surface area contributed by atoms with Crippen LogP contribution in [0.3, 0.4) is 0 Å². The number of benzene rings is 2. The Labute approximate surface area is 198 Å². The van der Waals surface area contributed by atoms with Gasteiger partial charge in [0.25, 0.3) is 5.56 Å². The van der Waals surface area contributed by atoms with Crippen molar-refractivity contribution in [2.75, 3.05) is 12.4 Å². The summed E-state index contributed by atoms with van der Waals surface area (Å²) in [4.78, 5) is 38.3. The minimum absolute atomic E-state index is 0.186. The molecule has 7 heteroatoms. The Bertz CT molecular complexity index is 1260. The molecule has 1 N–H and O–H groups in total. The van der Waals surface area contributed by atoms with Crippen LogP contribution < -0.4 is 10.9 Å². The van der Waals surface area contributed by atoms with E-state index < -0.39 is 12.0 Å². The largest absolute Gasteiger partial charge is 0.465 e. The molecule has 0 unspecified atom stereocenters. The molecule has 0 fully saturated rings. The summed E-state index contributed by atoms with van der Waals surface area (Å²) in [5.41, 5.74) is 5.39. The van der Waals surface area contributed by atoms with E-state index in [1.165, 1.54) is 11.8 Å². The molecular weight excluding hydrogens is 430 g/mol. The summed E-state index contributed by atoms with van der Waals surface area (Å²) >= 11 is 0. The van der Waals surface area contributed by atoms with E-state index in [0.717, 1.165) is 47.2 Å². The summed E-state index contributed by atoms with van der Waals surface area (Å²) in [5.74, 6) is -0.772. The summed E-state index contributed by atoms with van der Waals surface area (Å²) in [6.07, 6.45) is 3.90. The van der Waals surface area contributed by atoms with Crippen molar-refractivity contribution >= 4 is 17.6 Å². The Morgan fingerprint density at radius 3 is 2.29 bits per heavy atom. The second-order valence-corrected chi connectivity index (χ2v) is 8.61. The van der Waals surface area contributed by atoms with E-state index in [4.69, 9.17) is 9.84 Å². The lowest BCUT2D eigenvalue weighted by Gasteiger charge is -2.24. The zero-order valence-corrected chi connectivity index (χ0v) is 19.8. The normalized spacial score (nSPS) is 13.6. The second-order valence-electron chi connectivity index (χ2n) is 8.61. The number of carbonyl (C=O) groups is 2. The Hall–Kier alpha value is -3.74. The lowest BCUT2D eigenvalue weighted by atomic mass is 9.89. The molecule has 2 aromatic carbocycles. The van der Waals surface area contributed by atoms with E-state index >= 15 is 0 Å². The number of hydrogen-bond acceptors (Lipinski definition) is 5. The van der Waals surface area contributed by atoms with Gasteiger partial charge in [-0.05, 0) is 68.9 Å². The molecule has 0 bridgehead atoms. The lowest BCUT2D eigenvalue weighted by molar-refractivity contribution is -0.119. The van der Waals surface area contributed by atoms with E-state index in [1.54, 1.807) is 24.3 Å². The lowest BCUT2D eigenvalue weighted by Crippen LogP contribution is -2.38. The van der Waals surface area contributed by atoms with Gasteiger partial charge >= 0.3 is 5.97 Å². The van der Waals surface area contributed by atoms with E-state index in [2.05, 4.69) is 5.32 Å². The fraction of sp³-hybridized carbons (Fsp3) is 0.333. The quantitative estimate of drug-likeness (QED) is 0.549. The fourth-order valence-corrected chi connectivity index (χ4v) is 4.41. The van der Waals surface area contributed by atoms with Crippen molar-refractivity contribution in [3.8, 4) is 11.3 Å². The van der Waals surface area contributed by atoms with Crippen LogP contribution in [-0.2, 0) is 22.4 Å². The van der Waals surface area contributed by atoms with Crippen molar-refractivity contribution in [1.29, 1.82) is 0 Å². The molecule has 1 atom stereocenters. The molecule has 0 radical (unpaired) electrons. The maximum Gasteiger partial charge on any atom is 0.337 e. The number of nitrogens with one attached hydrogen (secondary N) is 1.